The van der Waals surface area contributed by atoms with E-state index in [1.807, 2.05) is 19.9 Å². The monoisotopic (exact) mass is 1040 g/mol. The van der Waals surface area contributed by atoms with Gasteiger partial charge in [0.15, 0.2) is 12.4 Å². The molecule has 1 aliphatic heterocycles. The van der Waals surface area contributed by atoms with Crippen molar-refractivity contribution in [1.82, 2.24) is 5.32 Å². The van der Waals surface area contributed by atoms with E-state index in [0.29, 0.717) is 41.3 Å². The van der Waals surface area contributed by atoms with Crippen molar-refractivity contribution in [2.45, 2.75) is 220 Å². The Morgan fingerprint density at radius 1 is 0.586 bits per heavy atom. The Balaban J connectivity index is 0.0000162. The number of carbonyl (C=O) groups is 3. The zero-order valence-electron chi connectivity index (χ0n) is 37.2. The molecule has 1 aliphatic rings. The van der Waals surface area contributed by atoms with E-state index in [4.69, 9.17) is 15.2 Å². The molecule has 0 bridgehead atoms. The minimum Gasteiger partial charge on any atom is -1.00 e. The van der Waals surface area contributed by atoms with Gasteiger partial charge >= 0.3 is 11.9 Å². The standard InChI is InChI=1S/C48H81N3O5.2HI/c1-5-7-9-11-13-15-17-19-21-23-25-27-29-31-36-55-47(53)44-40(3)50-41(4)45(46(44)42-34-33-35-51(38-42)39-43(49)52)48(54)56-37-32-30-28-26-24-22-20-18-16-14-12-10-8-6-2;;/h33-35,38,46H,5-32,36-37,39H2,1-4H3,(H2-,49,50,52,53,54);2*1H. The minimum absolute atomic E-state index is 0. The summed E-state index contributed by atoms with van der Waals surface area (Å²) in [6, 6.07) is 3.68. The second-order valence-corrected chi connectivity index (χ2v) is 16.4. The maximum atomic E-state index is 13.8. The highest BCUT2D eigenvalue weighted by atomic mass is 127. The van der Waals surface area contributed by atoms with Gasteiger partial charge in [0.25, 0.3) is 5.91 Å². The lowest BCUT2D eigenvalue weighted by molar-refractivity contribution is -0.684. The Hall–Kier alpha value is -1.70. The van der Waals surface area contributed by atoms with Crippen LogP contribution in [0.5, 0.6) is 0 Å². The van der Waals surface area contributed by atoms with Gasteiger partial charge in [0, 0.05) is 23.0 Å². The summed E-state index contributed by atoms with van der Waals surface area (Å²) in [4.78, 5) is 39.4. The Labute approximate surface area is 388 Å². The number of rotatable bonds is 35. The van der Waals surface area contributed by atoms with Crippen LogP contribution in [0.2, 0.25) is 0 Å². The van der Waals surface area contributed by atoms with Gasteiger partial charge in [-0.25, -0.2) is 9.59 Å². The van der Waals surface area contributed by atoms with E-state index in [-0.39, 0.29) is 54.5 Å². The van der Waals surface area contributed by atoms with Crippen LogP contribution in [0, 0.1) is 0 Å². The number of hydrogen-bond acceptors (Lipinski definition) is 6. The number of halogens is 2. The first-order valence-electron chi connectivity index (χ1n) is 23.1. The zero-order chi connectivity index (χ0) is 40.6. The minimum atomic E-state index is -0.704. The van der Waals surface area contributed by atoms with Crippen LogP contribution in [-0.2, 0) is 30.4 Å². The topological polar surface area (TPSA) is 112 Å². The third-order valence-electron chi connectivity index (χ3n) is 11.2. The summed E-state index contributed by atoms with van der Waals surface area (Å²) in [7, 11) is 0. The molecule has 10 heteroatoms. The van der Waals surface area contributed by atoms with E-state index in [9.17, 15) is 14.4 Å². The van der Waals surface area contributed by atoms with Crippen molar-refractivity contribution < 1.29 is 52.4 Å². The third-order valence-corrected chi connectivity index (χ3v) is 11.2. The average Bonchev–Trinajstić information content (AvgIpc) is 3.17. The lowest BCUT2D eigenvalue weighted by atomic mass is 9.81. The normalized spacial score (nSPS) is 12.8. The molecule has 3 N–H and O–H groups in total. The number of hydrogen-bond donors (Lipinski definition) is 2. The van der Waals surface area contributed by atoms with Crippen LogP contribution in [0.3, 0.4) is 0 Å². The number of esters is 2. The van der Waals surface area contributed by atoms with Crippen molar-refractivity contribution in [1.29, 1.82) is 0 Å². The summed E-state index contributed by atoms with van der Waals surface area (Å²) in [5.41, 5.74) is 8.27. The summed E-state index contributed by atoms with van der Waals surface area (Å²) in [5, 5.41) is 3.27. The van der Waals surface area contributed by atoms with Crippen LogP contribution in [0.1, 0.15) is 219 Å². The van der Waals surface area contributed by atoms with Gasteiger partial charge in [-0.2, -0.15) is 4.57 Å². The highest BCUT2D eigenvalue weighted by Crippen LogP contribution is 2.39. The number of nitrogens with two attached hydrogens (primary N) is 1. The SMILES string of the molecule is CCCCCCCCCCCCCCCCOC(=O)C1=C(C)NC(C)=C(C(=O)OCCCCCCCCCCCCCCCC)C1c1ccc[n+](CC(N)=O)c1.I.[I-]. The number of primary amides is 1. The lowest BCUT2D eigenvalue weighted by Gasteiger charge is -2.30. The maximum absolute atomic E-state index is 13.8. The molecule has 0 aliphatic carbocycles. The van der Waals surface area contributed by atoms with E-state index in [0.717, 1.165) is 38.5 Å². The Bertz CT molecular complexity index is 1250. The molecule has 0 aromatic carbocycles. The number of dihydropyridines is 1. The highest BCUT2D eigenvalue weighted by molar-refractivity contribution is 14.0. The predicted molar refractivity (Wildman–Crippen MR) is 245 cm³/mol. The van der Waals surface area contributed by atoms with Crippen LogP contribution in [0.4, 0.5) is 0 Å². The zero-order valence-corrected chi connectivity index (χ0v) is 41.6. The smallest absolute Gasteiger partial charge is 0.336 e. The third kappa shape index (κ3) is 25.2. The molecule has 0 saturated carbocycles. The van der Waals surface area contributed by atoms with Crippen molar-refractivity contribution >= 4 is 41.8 Å². The van der Waals surface area contributed by atoms with Gasteiger partial charge in [-0.1, -0.05) is 181 Å². The van der Waals surface area contributed by atoms with Crippen LogP contribution in [-0.4, -0.2) is 31.1 Å². The first-order valence-corrected chi connectivity index (χ1v) is 23.1. The van der Waals surface area contributed by atoms with Crippen molar-refractivity contribution in [2.75, 3.05) is 13.2 Å². The molecule has 1 aromatic rings. The molecular formula is C48H83I2N3O5. The molecule has 2 heterocycles. The van der Waals surface area contributed by atoms with Gasteiger partial charge in [0.1, 0.15) is 0 Å². The Kier molecular flexibility index (Phi) is 36.0. The summed E-state index contributed by atoms with van der Waals surface area (Å²) in [5.74, 6) is -2.06. The first-order chi connectivity index (χ1) is 27.3. The Morgan fingerprint density at radius 2 is 0.914 bits per heavy atom. The molecule has 0 spiro atoms. The molecule has 0 fully saturated rings. The van der Waals surface area contributed by atoms with Crippen LogP contribution >= 0.6 is 24.0 Å². The number of amides is 1. The van der Waals surface area contributed by atoms with Crippen LogP contribution < -0.4 is 39.6 Å². The fraction of sp³-hybridized carbons (Fsp3) is 0.750. The second kappa shape index (κ2) is 37.1. The second-order valence-electron chi connectivity index (χ2n) is 16.4. The molecule has 334 valence electrons. The molecule has 58 heavy (non-hydrogen) atoms. The van der Waals surface area contributed by atoms with E-state index < -0.39 is 23.8 Å². The molecule has 0 radical (unpaired) electrons. The molecule has 0 atom stereocenters. The summed E-state index contributed by atoms with van der Waals surface area (Å²) in [6.45, 7) is 8.87. The maximum Gasteiger partial charge on any atom is 0.336 e. The van der Waals surface area contributed by atoms with Gasteiger partial charge in [-0.3, -0.25) is 4.79 Å². The number of allylic oxidation sites excluding steroid dienone is 2. The van der Waals surface area contributed by atoms with Crippen LogP contribution in [0.15, 0.2) is 47.1 Å². The molecule has 8 nitrogen and oxygen atoms in total. The van der Waals surface area contributed by atoms with E-state index in [1.165, 1.54) is 141 Å². The average molecular weight is 1040 g/mol. The summed E-state index contributed by atoms with van der Waals surface area (Å²) < 4.78 is 13.4. The summed E-state index contributed by atoms with van der Waals surface area (Å²) >= 11 is 0. The lowest BCUT2D eigenvalue weighted by Crippen LogP contribution is -3.00. The molecule has 0 unspecified atom stereocenters. The fourth-order valence-corrected chi connectivity index (χ4v) is 7.94. The number of carbonyl (C=O) groups excluding carboxylic acids is 3. The number of nitrogens with zero attached hydrogens (tertiary/aromatic N) is 1. The number of ether oxygens (including phenoxy) is 2. The largest absolute Gasteiger partial charge is 1.00 e. The van der Waals surface area contributed by atoms with E-state index in [2.05, 4.69) is 19.2 Å². The molecule has 2 rings (SSSR count). The number of unbranched alkanes of at least 4 members (excludes halogenated alkanes) is 26. The first kappa shape index (κ1) is 56.3. The Morgan fingerprint density at radius 3 is 1.24 bits per heavy atom. The van der Waals surface area contributed by atoms with Gasteiger partial charge in [-0.15, -0.1) is 24.0 Å². The fourth-order valence-electron chi connectivity index (χ4n) is 7.94. The number of nitrogens with one attached hydrogen (secondary N) is 1. The van der Waals surface area contributed by atoms with Crippen molar-refractivity contribution in [3.8, 4) is 0 Å². The van der Waals surface area contributed by atoms with Crippen molar-refractivity contribution in [3.63, 3.8) is 0 Å². The van der Waals surface area contributed by atoms with E-state index in [1.54, 1.807) is 23.0 Å². The molecule has 1 aromatic heterocycles. The van der Waals surface area contributed by atoms with Crippen LogP contribution in [0.25, 0.3) is 0 Å². The number of pyridine rings is 1. The molecule has 0 saturated heterocycles. The molecule has 1 amide bonds. The predicted octanol–water partition coefficient (Wildman–Crippen LogP) is 9.37. The number of aromatic nitrogens is 1. The molecular weight excluding hydrogens is 952 g/mol. The quantitative estimate of drug-likeness (QED) is 0.0304. The van der Waals surface area contributed by atoms with Gasteiger partial charge in [0.2, 0.25) is 6.54 Å². The van der Waals surface area contributed by atoms with Crippen molar-refractivity contribution in [3.05, 3.63) is 52.6 Å². The highest BCUT2D eigenvalue weighted by Gasteiger charge is 2.39. The van der Waals surface area contributed by atoms with Gasteiger partial charge in [-0.05, 0) is 32.8 Å². The summed E-state index contributed by atoms with van der Waals surface area (Å²) in [6.07, 6.45) is 38.9. The van der Waals surface area contributed by atoms with Crippen molar-refractivity contribution in [2.24, 2.45) is 5.73 Å². The van der Waals surface area contributed by atoms with E-state index >= 15 is 0 Å². The van der Waals surface area contributed by atoms with Gasteiger partial charge < -0.3 is 44.5 Å². The van der Waals surface area contributed by atoms with Gasteiger partial charge in [0.05, 0.1) is 30.3 Å².